The number of aryl methyl sites for hydroxylation is 2. The zero-order chi connectivity index (χ0) is 35.3. The first-order valence-corrected chi connectivity index (χ1v) is 15.8. The molecule has 0 unspecified atom stereocenters. The van der Waals surface area contributed by atoms with E-state index in [0.29, 0.717) is 60.5 Å². The van der Waals surface area contributed by atoms with Crippen LogP contribution in [0.1, 0.15) is 78.3 Å². The number of hydrogen-bond donors (Lipinski definition) is 2. The van der Waals surface area contributed by atoms with Crippen LogP contribution in [0.25, 0.3) is 22.3 Å². The smallest absolute Gasteiger partial charge is 0.332 e. The van der Waals surface area contributed by atoms with E-state index in [1.54, 1.807) is 13.8 Å². The number of halogens is 4. The molecule has 18 heteroatoms. The van der Waals surface area contributed by atoms with E-state index in [4.69, 9.17) is 0 Å². The molecule has 0 bridgehead atoms. The van der Waals surface area contributed by atoms with E-state index in [9.17, 15) is 47.0 Å². The fraction of sp³-hybridized carbons (Fsp3) is 0.667. The van der Waals surface area contributed by atoms with Crippen LogP contribution in [0.4, 0.5) is 17.6 Å². The van der Waals surface area contributed by atoms with Gasteiger partial charge in [0.2, 0.25) is 0 Å². The van der Waals surface area contributed by atoms with Crippen LogP contribution in [0.2, 0.25) is 0 Å². The molecule has 6 rings (SSSR count). The molecule has 4 heterocycles. The van der Waals surface area contributed by atoms with Crippen LogP contribution in [0.5, 0.6) is 0 Å². The largest absolute Gasteiger partial charge is 0.390 e. The summed E-state index contributed by atoms with van der Waals surface area (Å²) in [6.07, 6.45) is 6.89. The second-order valence-corrected chi connectivity index (χ2v) is 13.6. The van der Waals surface area contributed by atoms with Gasteiger partial charge >= 0.3 is 24.5 Å². The maximum atomic E-state index is 13.1. The number of aromatic nitrogens is 8. The van der Waals surface area contributed by atoms with E-state index in [1.165, 1.54) is 14.1 Å². The molecule has 2 saturated carbocycles. The minimum Gasteiger partial charge on any atom is -0.390 e. The van der Waals surface area contributed by atoms with Gasteiger partial charge in [0.05, 0.1) is 11.2 Å². The van der Waals surface area contributed by atoms with Crippen molar-refractivity contribution in [3.8, 4) is 0 Å². The summed E-state index contributed by atoms with van der Waals surface area (Å²) in [5.74, 6) is 0.140. The van der Waals surface area contributed by atoms with Crippen LogP contribution >= 0.6 is 0 Å². The summed E-state index contributed by atoms with van der Waals surface area (Å²) in [6, 6.07) is 0. The number of alkyl halides is 4. The fourth-order valence-corrected chi connectivity index (χ4v) is 6.71. The highest BCUT2D eigenvalue weighted by molar-refractivity contribution is 5.70. The Labute approximate surface area is 270 Å². The molecular weight excluding hydrogens is 644 g/mol. The van der Waals surface area contributed by atoms with Crippen LogP contribution in [0.3, 0.4) is 0 Å². The minimum absolute atomic E-state index is 0.0480. The minimum atomic E-state index is -2.90. The van der Waals surface area contributed by atoms with Crippen LogP contribution in [-0.2, 0) is 27.2 Å². The Kier molecular flexibility index (Phi) is 9.62. The summed E-state index contributed by atoms with van der Waals surface area (Å²) in [5, 5.41) is 20.0. The van der Waals surface area contributed by atoms with Crippen molar-refractivity contribution < 1.29 is 27.8 Å². The Balaban J connectivity index is 0.000000188. The molecular formula is C30H40F4N8O6. The first-order chi connectivity index (χ1) is 22.4. The SMILES string of the molecule is Cn1c(=O)n(CC2CCC(C)(O)CC2)c(=O)c2c1ncn2C(F)F.Cn1c(=O)n(CC2CCC(C)(O)CC2)c(=O)c2ncn(C(F)F)c21. The van der Waals surface area contributed by atoms with Crippen molar-refractivity contribution in [3.63, 3.8) is 0 Å². The van der Waals surface area contributed by atoms with Crippen LogP contribution in [-0.4, -0.2) is 58.8 Å². The van der Waals surface area contributed by atoms with Crippen molar-refractivity contribution in [2.75, 3.05) is 0 Å². The highest BCUT2D eigenvalue weighted by atomic mass is 19.3. The van der Waals surface area contributed by atoms with Crippen molar-refractivity contribution in [2.45, 2.75) is 103 Å². The van der Waals surface area contributed by atoms with Crippen LogP contribution < -0.4 is 22.5 Å². The van der Waals surface area contributed by atoms with E-state index in [-0.39, 0.29) is 47.3 Å². The fourth-order valence-electron chi connectivity index (χ4n) is 6.71. The number of rotatable bonds is 6. The molecule has 264 valence electrons. The van der Waals surface area contributed by atoms with Gasteiger partial charge in [-0.15, -0.1) is 0 Å². The third-order valence-corrected chi connectivity index (χ3v) is 9.78. The second-order valence-electron chi connectivity index (χ2n) is 13.6. The van der Waals surface area contributed by atoms with Gasteiger partial charge in [-0.3, -0.25) is 37.0 Å². The molecule has 0 saturated heterocycles. The Morgan fingerprint density at radius 1 is 0.729 bits per heavy atom. The predicted molar refractivity (Wildman–Crippen MR) is 166 cm³/mol. The average Bonchev–Trinajstić information content (AvgIpc) is 3.68. The first kappa shape index (κ1) is 35.3. The molecule has 0 spiro atoms. The molecule has 0 atom stereocenters. The van der Waals surface area contributed by atoms with Gasteiger partial charge in [0.1, 0.15) is 12.7 Å². The first-order valence-electron chi connectivity index (χ1n) is 15.8. The number of aliphatic hydroxyl groups is 2. The predicted octanol–water partition coefficient (Wildman–Crippen LogP) is 2.47. The molecule has 4 aromatic heterocycles. The molecule has 4 aromatic rings. The Morgan fingerprint density at radius 3 is 1.65 bits per heavy atom. The maximum Gasteiger partial charge on any atom is 0.332 e. The highest BCUT2D eigenvalue weighted by Gasteiger charge is 2.31. The van der Waals surface area contributed by atoms with Gasteiger partial charge < -0.3 is 10.2 Å². The molecule has 2 fully saturated rings. The van der Waals surface area contributed by atoms with Crippen molar-refractivity contribution in [1.29, 1.82) is 0 Å². The Hall–Kier alpha value is -4.06. The van der Waals surface area contributed by atoms with Gasteiger partial charge in [-0.2, -0.15) is 17.6 Å². The van der Waals surface area contributed by atoms with Crippen molar-refractivity contribution in [3.05, 3.63) is 54.3 Å². The Bertz CT molecular complexity index is 2030. The molecule has 14 nitrogen and oxygen atoms in total. The van der Waals surface area contributed by atoms with Crippen LogP contribution in [0.15, 0.2) is 31.8 Å². The third kappa shape index (κ3) is 6.76. The summed E-state index contributed by atoms with van der Waals surface area (Å²) in [6.45, 7) is -1.88. The van der Waals surface area contributed by atoms with Crippen molar-refractivity contribution in [2.24, 2.45) is 25.9 Å². The van der Waals surface area contributed by atoms with Gasteiger partial charge in [0, 0.05) is 27.2 Å². The second kappa shape index (κ2) is 13.1. The van der Waals surface area contributed by atoms with Gasteiger partial charge in [-0.1, -0.05) is 0 Å². The molecule has 0 radical (unpaired) electrons. The monoisotopic (exact) mass is 684 g/mol. The third-order valence-electron chi connectivity index (χ3n) is 9.78. The van der Waals surface area contributed by atoms with E-state index < -0.39 is 46.8 Å². The van der Waals surface area contributed by atoms with E-state index in [1.807, 2.05) is 0 Å². The van der Waals surface area contributed by atoms with E-state index in [2.05, 4.69) is 9.97 Å². The zero-order valence-corrected chi connectivity index (χ0v) is 27.2. The lowest BCUT2D eigenvalue weighted by molar-refractivity contribution is 0.00509. The van der Waals surface area contributed by atoms with Crippen molar-refractivity contribution in [1.82, 2.24) is 37.4 Å². The molecule has 48 heavy (non-hydrogen) atoms. The summed E-state index contributed by atoms with van der Waals surface area (Å²) >= 11 is 0. The molecule has 2 N–H and O–H groups in total. The standard InChI is InChI=1S/2C15H20F2N4O3/c1-15(24)5-3-9(4-6-15)7-20-12(22)10-11(19(2)14(20)23)18-8-21(10)13(16)17;1-15(24)5-3-9(4-6-15)7-20-12(22)10-11(19(2)14(20)23)21(8-18-10)13(16)17/h2*8-9,13,24H,3-7H2,1-2H3. The average molecular weight is 685 g/mol. The maximum absolute atomic E-state index is 13.1. The molecule has 2 aliphatic rings. The topological polar surface area (TPSA) is 164 Å². The lowest BCUT2D eigenvalue weighted by atomic mass is 9.80. The van der Waals surface area contributed by atoms with Gasteiger partial charge in [0.15, 0.2) is 22.3 Å². The van der Waals surface area contributed by atoms with Crippen LogP contribution in [0, 0.1) is 11.8 Å². The summed E-state index contributed by atoms with van der Waals surface area (Å²) < 4.78 is 57.4. The summed E-state index contributed by atoms with van der Waals surface area (Å²) in [7, 11) is 2.77. The normalized spacial score (nSPS) is 24.8. The number of hydrogen-bond acceptors (Lipinski definition) is 8. The van der Waals surface area contributed by atoms with Gasteiger partial charge in [-0.25, -0.2) is 19.6 Å². The molecule has 0 aromatic carbocycles. The van der Waals surface area contributed by atoms with Gasteiger partial charge in [-0.05, 0) is 77.0 Å². The lowest BCUT2D eigenvalue weighted by Crippen LogP contribution is -2.42. The molecule has 0 aliphatic heterocycles. The number of fused-ring (bicyclic) bond motifs is 2. The molecule has 2 aliphatic carbocycles. The quantitative estimate of drug-likeness (QED) is 0.293. The van der Waals surface area contributed by atoms with E-state index >= 15 is 0 Å². The lowest BCUT2D eigenvalue weighted by Gasteiger charge is -2.33. The zero-order valence-electron chi connectivity index (χ0n) is 27.2. The van der Waals surface area contributed by atoms with Crippen molar-refractivity contribution >= 4 is 22.3 Å². The molecule has 0 amide bonds. The van der Waals surface area contributed by atoms with Gasteiger partial charge in [0.25, 0.3) is 11.1 Å². The number of imidazole rings is 2. The summed E-state index contributed by atoms with van der Waals surface area (Å²) in [5.41, 5.74) is -4.65. The highest BCUT2D eigenvalue weighted by Crippen LogP contribution is 2.33. The number of nitrogens with zero attached hydrogens (tertiary/aromatic N) is 8. The van der Waals surface area contributed by atoms with E-state index in [0.717, 1.165) is 30.9 Å². The Morgan fingerprint density at radius 2 is 1.17 bits per heavy atom. The summed E-state index contributed by atoms with van der Waals surface area (Å²) in [4.78, 5) is 57.5.